The van der Waals surface area contributed by atoms with Crippen molar-refractivity contribution < 1.29 is 53.5 Å². The number of thiol groups is 1. The molecule has 226 valence electrons. The number of amides is 3. The molecule has 3 atom stereocenters. The fraction of sp³-hybridized carbons (Fsp3) is 0.346. The fourth-order valence-electron chi connectivity index (χ4n) is 4.90. The maximum absolute atomic E-state index is 13.6. The topological polar surface area (TPSA) is 212 Å². The quantitative estimate of drug-likeness (QED) is 0.107. The van der Waals surface area contributed by atoms with Gasteiger partial charge < -0.3 is 40.2 Å². The van der Waals surface area contributed by atoms with Crippen LogP contribution in [0.2, 0.25) is 0 Å². The van der Waals surface area contributed by atoms with E-state index in [9.17, 15) is 39.1 Å². The van der Waals surface area contributed by atoms with Crippen LogP contribution in [0.5, 0.6) is 0 Å². The molecule has 2 aliphatic heterocycles. The van der Waals surface area contributed by atoms with E-state index in [2.05, 4.69) is 23.4 Å². The number of hydrogen-bond acceptors (Lipinski definition) is 10. The summed E-state index contributed by atoms with van der Waals surface area (Å²) in [7, 11) is -2.44. The van der Waals surface area contributed by atoms with Gasteiger partial charge in [-0.3, -0.25) is 28.3 Å². The number of carboxylic acids is 2. The Kier molecular flexibility index (Phi) is 10.1. The smallest absolute Gasteiger partial charge is 0.481 e. The third kappa shape index (κ3) is 7.55. The van der Waals surface area contributed by atoms with Gasteiger partial charge in [0.2, 0.25) is 5.91 Å². The van der Waals surface area contributed by atoms with Gasteiger partial charge in [0.25, 0.3) is 11.8 Å². The Hall–Kier alpha value is -3.89. The average molecular weight is 613 g/mol. The van der Waals surface area contributed by atoms with Crippen LogP contribution in [0.3, 0.4) is 0 Å². The molecule has 3 amide bonds. The van der Waals surface area contributed by atoms with Crippen LogP contribution < -0.4 is 21.6 Å². The van der Waals surface area contributed by atoms with Crippen molar-refractivity contribution in [1.82, 2.24) is 14.9 Å². The molecule has 6 N–H and O–H groups in total. The maximum Gasteiger partial charge on any atom is 0.491 e. The summed E-state index contributed by atoms with van der Waals surface area (Å²) in [5.41, 5.74) is 2.35. The molecule has 0 spiro atoms. The lowest BCUT2D eigenvalue weighted by molar-refractivity contribution is -0.140. The van der Waals surface area contributed by atoms with Crippen molar-refractivity contribution in [2.45, 2.75) is 57.5 Å². The van der Waals surface area contributed by atoms with Crippen molar-refractivity contribution in [2.75, 3.05) is 0 Å². The predicted molar refractivity (Wildman–Crippen MR) is 155 cm³/mol. The van der Waals surface area contributed by atoms with Crippen LogP contribution in [-0.2, 0) is 36.9 Å². The van der Waals surface area contributed by atoms with E-state index in [0.717, 1.165) is 4.31 Å². The molecule has 0 aromatic heterocycles. The van der Waals surface area contributed by atoms with E-state index in [1.54, 1.807) is 12.1 Å². The number of carboxylic acid groups (broad SMARTS) is 2. The summed E-state index contributed by atoms with van der Waals surface area (Å²) < 4.78 is 11.1. The molecule has 14 nitrogen and oxygen atoms in total. The van der Waals surface area contributed by atoms with E-state index >= 15 is 0 Å². The Morgan fingerprint density at radius 1 is 0.907 bits per heavy atom. The third-order valence-electron chi connectivity index (χ3n) is 7.17. The van der Waals surface area contributed by atoms with Crippen molar-refractivity contribution in [3.63, 3.8) is 0 Å². The summed E-state index contributed by atoms with van der Waals surface area (Å²) in [5.74, 6) is -4.79. The number of nitrogens with one attached hydrogen (secondary N) is 2. The highest BCUT2D eigenvalue weighted by atomic mass is 32.1. The summed E-state index contributed by atoms with van der Waals surface area (Å²) in [6, 6.07) is 5.28. The molecule has 0 radical (unpaired) electrons. The molecule has 43 heavy (non-hydrogen) atoms. The summed E-state index contributed by atoms with van der Waals surface area (Å²) in [6.07, 6.45) is -1.22. The van der Waals surface area contributed by atoms with Crippen LogP contribution in [0.25, 0.3) is 0 Å². The van der Waals surface area contributed by atoms with Gasteiger partial charge in [-0.15, -0.1) is 0 Å². The number of fused-ring (bicyclic) bond motifs is 2. The summed E-state index contributed by atoms with van der Waals surface area (Å²) in [6.45, 7) is 1.77. The number of carbonyl (C=O) groups excluding carboxylic acids is 3. The largest absolute Gasteiger partial charge is 0.491 e. The van der Waals surface area contributed by atoms with Crippen LogP contribution >= 0.6 is 12.8 Å². The van der Waals surface area contributed by atoms with Crippen molar-refractivity contribution in [1.29, 1.82) is 0 Å². The van der Waals surface area contributed by atoms with Crippen LogP contribution in [0, 0.1) is 0 Å². The van der Waals surface area contributed by atoms with Crippen molar-refractivity contribution in [2.24, 2.45) is 0 Å². The molecule has 2 aromatic carbocycles. The molecule has 2 aromatic rings. The molecule has 0 saturated carbocycles. The number of rotatable bonds is 12. The molecular weight excluding hydrogens is 584 g/mol. The van der Waals surface area contributed by atoms with E-state index in [1.807, 2.05) is 0 Å². The Balaban J connectivity index is 1.60. The lowest BCUT2D eigenvalue weighted by atomic mass is 9.78. The molecule has 4 rings (SSSR count). The van der Waals surface area contributed by atoms with E-state index in [-0.39, 0.29) is 30.8 Å². The van der Waals surface area contributed by atoms with Gasteiger partial charge in [-0.05, 0) is 59.7 Å². The lowest BCUT2D eigenvalue weighted by Gasteiger charge is -2.32. The van der Waals surface area contributed by atoms with Crippen molar-refractivity contribution in [3.05, 3.63) is 58.7 Å². The van der Waals surface area contributed by atoms with Crippen LogP contribution in [0.1, 0.15) is 58.0 Å². The standard InChI is InChI=1S/C26H29B2N3O11S/c1-13(29-24(36)14-2-4-16-11-41-27(39)19(16)8-14)23(25(37)30-18(10-22(34)35)6-7-21(32)33)31(43)26(38)15-3-5-17-12-42-28(40)20(17)9-15/h2-5,8-9,13,18,23,39-40,43H,6-7,10-12H2,1H3,(H,29,36)(H,30,37)(H,32,33)(H,34,35)/t13-,18-,23?/m0/s1. The van der Waals surface area contributed by atoms with Crippen LogP contribution in [-0.4, -0.2) is 86.6 Å². The monoisotopic (exact) mass is 613 g/mol. The molecule has 0 saturated heterocycles. The fourth-order valence-corrected chi connectivity index (χ4v) is 5.32. The van der Waals surface area contributed by atoms with Gasteiger partial charge in [0, 0.05) is 23.6 Å². The number of benzene rings is 2. The van der Waals surface area contributed by atoms with E-state index in [4.69, 9.17) is 14.4 Å². The van der Waals surface area contributed by atoms with Crippen molar-refractivity contribution in [3.8, 4) is 0 Å². The molecule has 2 aliphatic rings. The van der Waals surface area contributed by atoms with Gasteiger partial charge in [0.1, 0.15) is 6.04 Å². The minimum Gasteiger partial charge on any atom is -0.481 e. The molecule has 0 aliphatic carbocycles. The Morgan fingerprint density at radius 3 is 2.02 bits per heavy atom. The highest BCUT2D eigenvalue weighted by molar-refractivity contribution is 7.78. The number of carbonyl (C=O) groups is 5. The molecular formula is C26H29B2N3O11S. The Morgan fingerprint density at radius 2 is 1.47 bits per heavy atom. The van der Waals surface area contributed by atoms with Crippen LogP contribution in [0.15, 0.2) is 36.4 Å². The zero-order chi connectivity index (χ0) is 31.4. The number of hydrogen-bond donors (Lipinski definition) is 7. The van der Waals surface area contributed by atoms with Crippen molar-refractivity contribution >= 4 is 67.6 Å². The second kappa shape index (κ2) is 13.6. The average Bonchev–Trinajstić information content (AvgIpc) is 3.52. The van der Waals surface area contributed by atoms with Gasteiger partial charge in [0.05, 0.1) is 25.7 Å². The number of nitrogens with zero attached hydrogens (tertiary/aromatic N) is 1. The summed E-state index contributed by atoms with van der Waals surface area (Å²) in [5, 5.41) is 43.6. The Bertz CT molecular complexity index is 1450. The first kappa shape index (κ1) is 32.0. The van der Waals surface area contributed by atoms with Gasteiger partial charge in [-0.1, -0.05) is 24.9 Å². The minimum absolute atomic E-state index is 0.0511. The van der Waals surface area contributed by atoms with E-state index in [1.165, 1.54) is 31.2 Å². The second-order valence-corrected chi connectivity index (χ2v) is 10.7. The zero-order valence-electron chi connectivity index (χ0n) is 22.9. The number of aliphatic carboxylic acids is 2. The molecule has 17 heteroatoms. The first-order valence-electron chi connectivity index (χ1n) is 13.3. The SMILES string of the molecule is C[C@H](NC(=O)c1ccc2c(c1)B(O)OC2)C(C(=O)N[C@@H](CCC(=O)O)CC(=O)O)N(S)C(=O)c1ccc2c(c1)B(O)OC2. The minimum atomic E-state index is -1.52. The summed E-state index contributed by atoms with van der Waals surface area (Å²) in [4.78, 5) is 62.8. The molecule has 0 bridgehead atoms. The first-order valence-corrected chi connectivity index (χ1v) is 13.7. The van der Waals surface area contributed by atoms with E-state index in [0.29, 0.717) is 22.1 Å². The normalized spacial score (nSPS) is 15.6. The maximum atomic E-state index is 13.6. The van der Waals surface area contributed by atoms with Crippen LogP contribution in [0.4, 0.5) is 0 Å². The summed E-state index contributed by atoms with van der Waals surface area (Å²) >= 11 is 4.31. The highest BCUT2D eigenvalue weighted by Gasteiger charge is 2.37. The zero-order valence-corrected chi connectivity index (χ0v) is 23.8. The van der Waals surface area contributed by atoms with Gasteiger partial charge >= 0.3 is 26.2 Å². The van der Waals surface area contributed by atoms with E-state index < -0.39 is 74.9 Å². The second-order valence-electron chi connectivity index (χ2n) is 10.2. The molecule has 0 fully saturated rings. The van der Waals surface area contributed by atoms with Gasteiger partial charge in [-0.2, -0.15) is 0 Å². The van der Waals surface area contributed by atoms with Gasteiger partial charge in [0.15, 0.2) is 0 Å². The van der Waals surface area contributed by atoms with Gasteiger partial charge in [-0.25, -0.2) is 0 Å². The molecule has 1 unspecified atom stereocenters. The predicted octanol–water partition coefficient (Wildman–Crippen LogP) is -1.58. The third-order valence-corrected chi connectivity index (χ3v) is 7.60. The first-order chi connectivity index (χ1) is 20.3. The molecule has 2 heterocycles. The Labute approximate surface area is 252 Å². The lowest BCUT2D eigenvalue weighted by Crippen LogP contribution is -2.58. The highest BCUT2D eigenvalue weighted by Crippen LogP contribution is 2.19.